The number of hydrogen-bond acceptors (Lipinski definition) is 2. The number of halogens is 1. The molecule has 0 unspecified atom stereocenters. The summed E-state index contributed by atoms with van der Waals surface area (Å²) < 4.78 is 15.0. The highest BCUT2D eigenvalue weighted by atomic mass is 32.1. The molecule has 1 N–H and O–H groups in total. The smallest absolute Gasteiger partial charge is 0.337 e. The Morgan fingerprint density at radius 2 is 1.95 bits per heavy atom. The first-order chi connectivity index (χ1) is 10.1. The number of hydrogen-bond donors (Lipinski definition) is 1. The molecule has 0 saturated heterocycles. The van der Waals surface area contributed by atoms with Gasteiger partial charge in [-0.2, -0.15) is 0 Å². The Hall–Kier alpha value is -2.40. The van der Waals surface area contributed by atoms with Gasteiger partial charge in [0.2, 0.25) is 0 Å². The summed E-state index contributed by atoms with van der Waals surface area (Å²) in [6.07, 6.45) is 0. The van der Waals surface area contributed by atoms with Crippen LogP contribution in [-0.2, 0) is 0 Å². The SMILES string of the molecule is Cc1c(C(=O)O)cc(-c2cccs2)n1-c1ccc(F)cc1. The van der Waals surface area contributed by atoms with Gasteiger partial charge >= 0.3 is 5.97 Å². The zero-order valence-corrected chi connectivity index (χ0v) is 12.0. The van der Waals surface area contributed by atoms with Gasteiger partial charge in [-0.3, -0.25) is 0 Å². The molecule has 0 saturated carbocycles. The van der Waals surface area contributed by atoms with Crippen LogP contribution in [0.4, 0.5) is 4.39 Å². The first kappa shape index (κ1) is 13.6. The highest BCUT2D eigenvalue weighted by molar-refractivity contribution is 7.13. The van der Waals surface area contributed by atoms with E-state index >= 15 is 0 Å². The van der Waals surface area contributed by atoms with Crippen LogP contribution in [0.5, 0.6) is 0 Å². The molecule has 0 amide bonds. The molecule has 0 bridgehead atoms. The molecule has 0 aliphatic carbocycles. The lowest BCUT2D eigenvalue weighted by molar-refractivity contribution is 0.0696. The molecular formula is C16H12FNO2S. The third-order valence-electron chi connectivity index (χ3n) is 3.34. The van der Waals surface area contributed by atoms with Crippen molar-refractivity contribution in [2.45, 2.75) is 6.92 Å². The molecule has 3 aromatic rings. The van der Waals surface area contributed by atoms with Crippen LogP contribution >= 0.6 is 11.3 Å². The standard InChI is InChI=1S/C16H12FNO2S/c1-10-13(16(19)20)9-14(15-3-2-8-21-15)18(10)12-6-4-11(17)5-7-12/h2-9H,1H3,(H,19,20). The Bertz CT molecular complexity index is 789. The molecule has 3 nitrogen and oxygen atoms in total. The third-order valence-corrected chi connectivity index (χ3v) is 4.23. The number of carbonyl (C=O) groups is 1. The summed E-state index contributed by atoms with van der Waals surface area (Å²) in [6.45, 7) is 1.75. The van der Waals surface area contributed by atoms with E-state index in [9.17, 15) is 14.3 Å². The number of benzene rings is 1. The van der Waals surface area contributed by atoms with Gasteiger partial charge in [0.1, 0.15) is 5.82 Å². The molecule has 0 aliphatic rings. The summed E-state index contributed by atoms with van der Waals surface area (Å²) >= 11 is 1.53. The van der Waals surface area contributed by atoms with Crippen LogP contribution in [0.25, 0.3) is 16.3 Å². The van der Waals surface area contributed by atoms with Gasteiger partial charge in [-0.05, 0) is 48.7 Å². The van der Waals surface area contributed by atoms with Gasteiger partial charge in [0.15, 0.2) is 0 Å². The summed E-state index contributed by atoms with van der Waals surface area (Å²) in [4.78, 5) is 12.3. The van der Waals surface area contributed by atoms with Crippen molar-refractivity contribution in [3.05, 3.63) is 64.9 Å². The second kappa shape index (κ2) is 5.18. The summed E-state index contributed by atoms with van der Waals surface area (Å²) in [7, 11) is 0. The lowest BCUT2D eigenvalue weighted by Gasteiger charge is -2.11. The maximum Gasteiger partial charge on any atom is 0.337 e. The Balaban J connectivity index is 2.26. The van der Waals surface area contributed by atoms with E-state index in [4.69, 9.17) is 0 Å². The zero-order valence-electron chi connectivity index (χ0n) is 11.2. The minimum atomic E-state index is -0.967. The first-order valence-electron chi connectivity index (χ1n) is 6.33. The van der Waals surface area contributed by atoms with Crippen LogP contribution in [0.1, 0.15) is 16.1 Å². The molecule has 1 aromatic carbocycles. The Morgan fingerprint density at radius 3 is 2.52 bits per heavy atom. The summed E-state index contributed by atoms with van der Waals surface area (Å²) in [5.41, 5.74) is 2.41. The van der Waals surface area contributed by atoms with E-state index in [2.05, 4.69) is 0 Å². The molecule has 5 heteroatoms. The van der Waals surface area contributed by atoms with E-state index in [1.54, 1.807) is 25.1 Å². The minimum absolute atomic E-state index is 0.253. The van der Waals surface area contributed by atoms with Gasteiger partial charge in [-0.1, -0.05) is 6.07 Å². The van der Waals surface area contributed by atoms with Crippen molar-refractivity contribution in [3.63, 3.8) is 0 Å². The largest absolute Gasteiger partial charge is 0.478 e. The fourth-order valence-electron chi connectivity index (χ4n) is 2.35. The highest BCUT2D eigenvalue weighted by Gasteiger charge is 2.19. The molecular weight excluding hydrogens is 289 g/mol. The number of thiophene rings is 1. The quantitative estimate of drug-likeness (QED) is 0.781. The van der Waals surface area contributed by atoms with Gasteiger partial charge in [0.05, 0.1) is 16.1 Å². The van der Waals surface area contributed by atoms with E-state index in [-0.39, 0.29) is 11.4 Å². The maximum absolute atomic E-state index is 13.1. The average molecular weight is 301 g/mol. The summed E-state index contributed by atoms with van der Waals surface area (Å²) in [5.74, 6) is -1.29. The number of nitrogens with zero attached hydrogens (tertiary/aromatic N) is 1. The lowest BCUT2D eigenvalue weighted by Crippen LogP contribution is -2.02. The van der Waals surface area contributed by atoms with E-state index in [0.29, 0.717) is 5.69 Å². The van der Waals surface area contributed by atoms with E-state index < -0.39 is 5.97 Å². The van der Waals surface area contributed by atoms with Crippen molar-refractivity contribution in [2.24, 2.45) is 0 Å². The minimum Gasteiger partial charge on any atom is -0.478 e. The predicted octanol–water partition coefficient (Wildman–Crippen LogP) is 4.35. The maximum atomic E-state index is 13.1. The lowest BCUT2D eigenvalue weighted by atomic mass is 10.2. The monoisotopic (exact) mass is 301 g/mol. The number of carboxylic acid groups (broad SMARTS) is 1. The van der Waals surface area contributed by atoms with Crippen molar-refractivity contribution in [3.8, 4) is 16.3 Å². The van der Waals surface area contributed by atoms with Crippen LogP contribution in [0.15, 0.2) is 47.8 Å². The van der Waals surface area contributed by atoms with Crippen molar-refractivity contribution < 1.29 is 14.3 Å². The van der Waals surface area contributed by atoms with Crippen LogP contribution in [0.2, 0.25) is 0 Å². The normalized spacial score (nSPS) is 10.8. The molecule has 0 spiro atoms. The molecule has 2 aromatic heterocycles. The van der Waals surface area contributed by atoms with Gasteiger partial charge in [0, 0.05) is 11.4 Å². The van der Waals surface area contributed by atoms with Gasteiger partial charge in [-0.25, -0.2) is 9.18 Å². The van der Waals surface area contributed by atoms with Gasteiger partial charge < -0.3 is 9.67 Å². The molecule has 2 heterocycles. The molecule has 21 heavy (non-hydrogen) atoms. The van der Waals surface area contributed by atoms with Crippen LogP contribution in [0, 0.1) is 12.7 Å². The summed E-state index contributed by atoms with van der Waals surface area (Å²) in [5, 5.41) is 11.3. The second-order valence-electron chi connectivity index (χ2n) is 4.62. The van der Waals surface area contributed by atoms with Crippen molar-refractivity contribution >= 4 is 17.3 Å². The predicted molar refractivity (Wildman–Crippen MR) is 80.7 cm³/mol. The van der Waals surface area contributed by atoms with Crippen molar-refractivity contribution in [2.75, 3.05) is 0 Å². The number of carboxylic acids is 1. The Kier molecular flexibility index (Phi) is 3.35. The van der Waals surface area contributed by atoms with E-state index in [1.165, 1.54) is 23.5 Å². The van der Waals surface area contributed by atoms with Crippen molar-refractivity contribution in [1.82, 2.24) is 4.57 Å². The number of aromatic carboxylic acids is 1. The second-order valence-corrected chi connectivity index (χ2v) is 5.57. The number of rotatable bonds is 3. The van der Waals surface area contributed by atoms with Crippen molar-refractivity contribution in [1.29, 1.82) is 0 Å². The summed E-state index contributed by atoms with van der Waals surface area (Å²) in [6, 6.07) is 11.5. The topological polar surface area (TPSA) is 42.2 Å². The van der Waals surface area contributed by atoms with Crippen LogP contribution in [-0.4, -0.2) is 15.6 Å². The highest BCUT2D eigenvalue weighted by Crippen LogP contribution is 2.32. The zero-order chi connectivity index (χ0) is 15.0. The van der Waals surface area contributed by atoms with Crippen LogP contribution in [0.3, 0.4) is 0 Å². The Morgan fingerprint density at radius 1 is 1.24 bits per heavy atom. The molecule has 0 fully saturated rings. The average Bonchev–Trinajstić information content (AvgIpc) is 3.07. The van der Waals surface area contributed by atoms with Gasteiger partial charge in [0.25, 0.3) is 0 Å². The van der Waals surface area contributed by atoms with E-state index in [0.717, 1.165) is 16.3 Å². The van der Waals surface area contributed by atoms with Gasteiger partial charge in [-0.15, -0.1) is 11.3 Å². The van der Waals surface area contributed by atoms with Crippen LogP contribution < -0.4 is 0 Å². The molecule has 3 rings (SSSR count). The molecule has 0 radical (unpaired) electrons. The fraction of sp³-hybridized carbons (Fsp3) is 0.0625. The third kappa shape index (κ3) is 2.36. The molecule has 0 atom stereocenters. The molecule has 106 valence electrons. The Labute approximate surface area is 124 Å². The molecule has 0 aliphatic heterocycles. The first-order valence-corrected chi connectivity index (χ1v) is 7.21. The number of aromatic nitrogens is 1. The van der Waals surface area contributed by atoms with E-state index in [1.807, 2.05) is 22.1 Å². The fourth-order valence-corrected chi connectivity index (χ4v) is 3.08.